The average Bonchev–Trinajstić information content (AvgIpc) is 2.95. The molecule has 4 amide bonds. The van der Waals surface area contributed by atoms with Gasteiger partial charge in [-0.25, -0.2) is 9.18 Å². The van der Waals surface area contributed by atoms with Gasteiger partial charge in [0.05, 0.1) is 12.5 Å². The van der Waals surface area contributed by atoms with Gasteiger partial charge in [-0.2, -0.15) is 5.26 Å². The number of hydrogen-bond donors (Lipinski definition) is 1. The second-order valence-corrected chi connectivity index (χ2v) is 7.68. The summed E-state index contributed by atoms with van der Waals surface area (Å²) in [6, 6.07) is 12.0. The Bertz CT molecular complexity index is 1080. The van der Waals surface area contributed by atoms with Gasteiger partial charge in [-0.05, 0) is 61.7 Å². The van der Waals surface area contributed by atoms with Crippen LogP contribution in [-0.2, 0) is 15.1 Å². The van der Waals surface area contributed by atoms with Gasteiger partial charge in [-0.3, -0.25) is 14.5 Å². The molecular formula is C23H23FN4O3. The molecule has 0 radical (unpaired) electrons. The molecular weight excluding hydrogens is 399 g/mol. The summed E-state index contributed by atoms with van der Waals surface area (Å²) < 4.78 is 13.3. The Balaban J connectivity index is 1.85. The molecule has 160 valence electrons. The average molecular weight is 422 g/mol. The molecule has 1 aliphatic rings. The van der Waals surface area contributed by atoms with Crippen LogP contribution in [0.15, 0.2) is 42.5 Å². The fourth-order valence-electron chi connectivity index (χ4n) is 3.49. The van der Waals surface area contributed by atoms with E-state index in [1.54, 1.807) is 6.07 Å². The topological polar surface area (TPSA) is 93.5 Å². The number of carbonyl (C=O) groups is 3. The Morgan fingerprint density at radius 1 is 1.16 bits per heavy atom. The summed E-state index contributed by atoms with van der Waals surface area (Å²) in [4.78, 5) is 40.9. The van der Waals surface area contributed by atoms with Crippen LogP contribution < -0.4 is 10.2 Å². The summed E-state index contributed by atoms with van der Waals surface area (Å²) in [5.41, 5.74) is 1.64. The van der Waals surface area contributed by atoms with Crippen molar-refractivity contribution in [1.29, 1.82) is 5.26 Å². The fourth-order valence-corrected chi connectivity index (χ4v) is 3.49. The molecule has 2 aromatic rings. The number of imide groups is 1. The third kappa shape index (κ3) is 4.26. The lowest BCUT2D eigenvalue weighted by molar-refractivity contribution is -0.134. The Morgan fingerprint density at radius 3 is 2.45 bits per heavy atom. The van der Waals surface area contributed by atoms with Crippen molar-refractivity contribution in [3.63, 3.8) is 0 Å². The van der Waals surface area contributed by atoms with Gasteiger partial charge in [0.15, 0.2) is 0 Å². The standard InChI is InChI=1S/C23H23FN4O3/c1-15-5-10-19(13-16(15)2)27(12-4-11-25)20(29)14-28-21(30)23(3,26-22(28)31)17-6-8-18(24)9-7-17/h5-10,13H,4,12,14H2,1-3H3,(H,26,31). The largest absolute Gasteiger partial charge is 0.325 e. The number of carbonyl (C=O) groups excluding carboxylic acids is 3. The Labute approximate surface area is 180 Å². The quantitative estimate of drug-likeness (QED) is 0.724. The van der Waals surface area contributed by atoms with Crippen molar-refractivity contribution in [2.45, 2.75) is 32.7 Å². The van der Waals surface area contributed by atoms with Crippen molar-refractivity contribution in [2.24, 2.45) is 0 Å². The second kappa shape index (κ2) is 8.56. The van der Waals surface area contributed by atoms with Gasteiger partial charge in [-0.1, -0.05) is 18.2 Å². The summed E-state index contributed by atoms with van der Waals surface area (Å²) in [6.07, 6.45) is 0.103. The van der Waals surface area contributed by atoms with Crippen molar-refractivity contribution < 1.29 is 18.8 Å². The Kier molecular flexibility index (Phi) is 6.07. The first-order valence-corrected chi connectivity index (χ1v) is 9.82. The highest BCUT2D eigenvalue weighted by Gasteiger charge is 2.49. The molecule has 0 aliphatic carbocycles. The van der Waals surface area contributed by atoms with Gasteiger partial charge in [0, 0.05) is 12.2 Å². The Hall–Kier alpha value is -3.73. The molecule has 0 aromatic heterocycles. The maximum Gasteiger partial charge on any atom is 0.325 e. The molecule has 7 nitrogen and oxygen atoms in total. The van der Waals surface area contributed by atoms with E-state index in [0.29, 0.717) is 11.3 Å². The van der Waals surface area contributed by atoms with E-state index in [-0.39, 0.29) is 13.0 Å². The molecule has 1 fully saturated rings. The van der Waals surface area contributed by atoms with Crippen LogP contribution in [0.4, 0.5) is 14.9 Å². The summed E-state index contributed by atoms with van der Waals surface area (Å²) in [7, 11) is 0. The first-order valence-electron chi connectivity index (χ1n) is 9.82. The molecule has 1 atom stereocenters. The fraction of sp³-hybridized carbons (Fsp3) is 0.304. The zero-order chi connectivity index (χ0) is 22.8. The van der Waals surface area contributed by atoms with Crippen molar-refractivity contribution in [3.05, 3.63) is 65.0 Å². The van der Waals surface area contributed by atoms with Gasteiger partial charge < -0.3 is 10.2 Å². The zero-order valence-electron chi connectivity index (χ0n) is 17.6. The predicted octanol–water partition coefficient (Wildman–Crippen LogP) is 3.16. The highest BCUT2D eigenvalue weighted by molar-refractivity contribution is 6.10. The van der Waals surface area contributed by atoms with Crippen LogP contribution in [0.5, 0.6) is 0 Å². The van der Waals surface area contributed by atoms with Gasteiger partial charge in [0.25, 0.3) is 5.91 Å². The van der Waals surface area contributed by atoms with E-state index in [9.17, 15) is 18.8 Å². The van der Waals surface area contributed by atoms with Crippen LogP contribution in [0, 0.1) is 31.0 Å². The monoisotopic (exact) mass is 422 g/mol. The van der Waals surface area contributed by atoms with E-state index in [1.807, 2.05) is 32.0 Å². The number of rotatable bonds is 6. The first-order chi connectivity index (χ1) is 14.7. The summed E-state index contributed by atoms with van der Waals surface area (Å²) >= 11 is 0. The molecule has 1 aliphatic heterocycles. The molecule has 1 saturated heterocycles. The van der Waals surface area contributed by atoms with E-state index >= 15 is 0 Å². The van der Waals surface area contributed by atoms with Gasteiger partial charge in [0.1, 0.15) is 17.9 Å². The minimum Gasteiger partial charge on any atom is -0.319 e. The number of benzene rings is 2. The SMILES string of the molecule is Cc1ccc(N(CCC#N)C(=O)CN2C(=O)NC(C)(c3ccc(F)cc3)C2=O)cc1C. The number of nitrogens with one attached hydrogen (secondary N) is 1. The number of aryl methyl sites for hydroxylation is 2. The molecule has 8 heteroatoms. The number of anilines is 1. The minimum atomic E-state index is -1.40. The van der Waals surface area contributed by atoms with Crippen LogP contribution in [-0.4, -0.2) is 35.8 Å². The third-order valence-electron chi connectivity index (χ3n) is 5.54. The van der Waals surface area contributed by atoms with Gasteiger partial charge in [0.2, 0.25) is 5.91 Å². The van der Waals surface area contributed by atoms with Crippen LogP contribution in [0.3, 0.4) is 0 Å². The van der Waals surface area contributed by atoms with E-state index in [4.69, 9.17) is 5.26 Å². The maximum absolute atomic E-state index is 13.3. The number of amides is 4. The lowest BCUT2D eigenvalue weighted by Gasteiger charge is -2.25. The molecule has 0 bridgehead atoms. The zero-order valence-corrected chi connectivity index (χ0v) is 17.6. The minimum absolute atomic E-state index is 0.103. The lowest BCUT2D eigenvalue weighted by Crippen LogP contribution is -2.45. The highest BCUT2D eigenvalue weighted by atomic mass is 19.1. The molecule has 1 N–H and O–H groups in total. The smallest absolute Gasteiger partial charge is 0.319 e. The van der Waals surface area contributed by atoms with E-state index < -0.39 is 35.7 Å². The van der Waals surface area contributed by atoms with Crippen LogP contribution in [0.25, 0.3) is 0 Å². The number of hydrogen-bond acceptors (Lipinski definition) is 4. The van der Waals surface area contributed by atoms with Crippen molar-refractivity contribution in [3.8, 4) is 6.07 Å². The number of nitrogens with zero attached hydrogens (tertiary/aromatic N) is 3. The summed E-state index contributed by atoms with van der Waals surface area (Å²) in [5, 5.41) is 11.6. The Morgan fingerprint density at radius 2 is 1.84 bits per heavy atom. The number of halogens is 1. The summed E-state index contributed by atoms with van der Waals surface area (Å²) in [6.45, 7) is 5.04. The van der Waals surface area contributed by atoms with Crippen LogP contribution >= 0.6 is 0 Å². The normalized spacial score (nSPS) is 18.0. The highest BCUT2D eigenvalue weighted by Crippen LogP contribution is 2.29. The predicted molar refractivity (Wildman–Crippen MR) is 112 cm³/mol. The van der Waals surface area contributed by atoms with Crippen molar-refractivity contribution >= 4 is 23.5 Å². The number of nitriles is 1. The van der Waals surface area contributed by atoms with Gasteiger partial charge in [-0.15, -0.1) is 0 Å². The maximum atomic E-state index is 13.3. The van der Waals surface area contributed by atoms with E-state index in [1.165, 1.54) is 36.1 Å². The first kappa shape index (κ1) is 22.0. The molecule has 1 heterocycles. The van der Waals surface area contributed by atoms with Gasteiger partial charge >= 0.3 is 6.03 Å². The molecule has 1 unspecified atom stereocenters. The molecule has 31 heavy (non-hydrogen) atoms. The number of urea groups is 1. The van der Waals surface area contributed by atoms with E-state index in [0.717, 1.165) is 16.0 Å². The molecule has 0 spiro atoms. The molecule has 2 aromatic carbocycles. The van der Waals surface area contributed by atoms with Crippen LogP contribution in [0.2, 0.25) is 0 Å². The van der Waals surface area contributed by atoms with Crippen LogP contribution in [0.1, 0.15) is 30.0 Å². The summed E-state index contributed by atoms with van der Waals surface area (Å²) in [5.74, 6) is -1.54. The van der Waals surface area contributed by atoms with E-state index in [2.05, 4.69) is 5.32 Å². The lowest BCUT2D eigenvalue weighted by atomic mass is 9.92. The second-order valence-electron chi connectivity index (χ2n) is 7.68. The van der Waals surface area contributed by atoms with Crippen molar-refractivity contribution in [2.75, 3.05) is 18.0 Å². The van der Waals surface area contributed by atoms with Crippen molar-refractivity contribution in [1.82, 2.24) is 10.2 Å². The third-order valence-corrected chi connectivity index (χ3v) is 5.54. The molecule has 3 rings (SSSR count). The molecule has 0 saturated carbocycles.